The van der Waals surface area contributed by atoms with Crippen LogP contribution in [0, 0.1) is 5.92 Å². The number of carbonyl (C=O) groups excluding carboxylic acids is 1. The molecule has 1 fully saturated rings. The van der Waals surface area contributed by atoms with Crippen molar-refractivity contribution in [1.82, 2.24) is 4.90 Å². The van der Waals surface area contributed by atoms with Crippen LogP contribution in [0.2, 0.25) is 0 Å². The molecule has 19 heavy (non-hydrogen) atoms. The molecule has 0 spiro atoms. The molecule has 1 aromatic rings. The van der Waals surface area contributed by atoms with Crippen LogP contribution in [0.5, 0.6) is 5.75 Å². The summed E-state index contributed by atoms with van der Waals surface area (Å²) in [5.74, 6) is 1.12. The highest BCUT2D eigenvalue weighted by molar-refractivity contribution is 5.53. The van der Waals surface area contributed by atoms with Gasteiger partial charge in [0.15, 0.2) is 0 Å². The highest BCUT2D eigenvalue weighted by Gasteiger charge is 2.15. The second-order valence-electron chi connectivity index (χ2n) is 5.38. The minimum atomic E-state index is 0.283. The van der Waals surface area contributed by atoms with Gasteiger partial charge >= 0.3 is 0 Å². The van der Waals surface area contributed by atoms with Crippen molar-refractivity contribution < 1.29 is 9.90 Å². The Morgan fingerprint density at radius 3 is 2.21 bits per heavy atom. The summed E-state index contributed by atoms with van der Waals surface area (Å²) in [6.07, 6.45) is 0.889. The number of benzene rings is 1. The lowest BCUT2D eigenvalue weighted by molar-refractivity contribution is -0.118. The summed E-state index contributed by atoms with van der Waals surface area (Å²) in [7, 11) is 0. The highest BCUT2D eigenvalue weighted by Crippen LogP contribution is 2.20. The van der Waals surface area contributed by atoms with Gasteiger partial charge in [0.25, 0.3) is 0 Å². The van der Waals surface area contributed by atoms with Crippen molar-refractivity contribution in [3.8, 4) is 5.75 Å². The van der Waals surface area contributed by atoms with Crippen molar-refractivity contribution in [1.29, 1.82) is 0 Å². The third kappa shape index (κ3) is 5.64. The molecule has 1 N–H and O–H groups in total. The predicted molar refractivity (Wildman–Crippen MR) is 78.5 cm³/mol. The van der Waals surface area contributed by atoms with Crippen LogP contribution in [0.4, 0.5) is 5.69 Å². The van der Waals surface area contributed by atoms with E-state index in [9.17, 15) is 9.90 Å². The van der Waals surface area contributed by atoms with Gasteiger partial charge in [0.2, 0.25) is 6.41 Å². The Hall–Kier alpha value is -1.71. The molecule has 1 amide bonds. The summed E-state index contributed by atoms with van der Waals surface area (Å²) < 4.78 is 0. The van der Waals surface area contributed by atoms with Gasteiger partial charge in [-0.2, -0.15) is 0 Å². The average Bonchev–Trinajstić information content (AvgIpc) is 2.38. The number of hydrogen-bond donors (Lipinski definition) is 1. The number of phenolic OH excluding ortho intramolecular Hbond substituents is 1. The standard InChI is InChI=1S/C11H14N2O2.C4H10/c14-9-12-4-6-13(7-5-12)10-2-1-3-11(15)8-10;1-4(2)3/h1-3,8-9,15H,4-7H2;4H,1-3H3. The molecule has 1 saturated heterocycles. The largest absolute Gasteiger partial charge is 0.508 e. The summed E-state index contributed by atoms with van der Waals surface area (Å²) in [4.78, 5) is 14.5. The lowest BCUT2D eigenvalue weighted by Crippen LogP contribution is -2.45. The van der Waals surface area contributed by atoms with Gasteiger partial charge in [0.1, 0.15) is 5.75 Å². The molecule has 0 unspecified atom stereocenters. The Kier molecular flexibility index (Phi) is 6.19. The Bertz CT molecular complexity index is 383. The zero-order chi connectivity index (χ0) is 14.3. The van der Waals surface area contributed by atoms with E-state index in [2.05, 4.69) is 25.7 Å². The second kappa shape index (κ2) is 7.67. The van der Waals surface area contributed by atoms with Crippen molar-refractivity contribution in [3.63, 3.8) is 0 Å². The Morgan fingerprint density at radius 1 is 1.16 bits per heavy atom. The number of anilines is 1. The first kappa shape index (κ1) is 15.3. The molecular formula is C15H24N2O2. The molecule has 0 aliphatic carbocycles. The molecule has 0 atom stereocenters. The first-order valence-electron chi connectivity index (χ1n) is 6.76. The van der Waals surface area contributed by atoms with E-state index in [0.29, 0.717) is 0 Å². The van der Waals surface area contributed by atoms with Gasteiger partial charge < -0.3 is 14.9 Å². The molecule has 4 nitrogen and oxygen atoms in total. The van der Waals surface area contributed by atoms with Crippen LogP contribution in [-0.4, -0.2) is 42.6 Å². The van der Waals surface area contributed by atoms with E-state index in [1.807, 2.05) is 12.1 Å². The van der Waals surface area contributed by atoms with Crippen LogP contribution in [-0.2, 0) is 4.79 Å². The van der Waals surface area contributed by atoms with E-state index in [-0.39, 0.29) is 5.75 Å². The fourth-order valence-corrected chi connectivity index (χ4v) is 1.78. The van der Waals surface area contributed by atoms with Gasteiger partial charge in [-0.25, -0.2) is 0 Å². The topological polar surface area (TPSA) is 43.8 Å². The zero-order valence-electron chi connectivity index (χ0n) is 12.0. The monoisotopic (exact) mass is 264 g/mol. The fraction of sp³-hybridized carbons (Fsp3) is 0.533. The van der Waals surface area contributed by atoms with Crippen LogP contribution in [0.1, 0.15) is 20.8 Å². The molecule has 0 saturated carbocycles. The first-order chi connectivity index (χ1) is 9.02. The summed E-state index contributed by atoms with van der Waals surface area (Å²) >= 11 is 0. The van der Waals surface area contributed by atoms with E-state index < -0.39 is 0 Å². The van der Waals surface area contributed by atoms with Crippen molar-refractivity contribution in [2.45, 2.75) is 20.8 Å². The maximum Gasteiger partial charge on any atom is 0.209 e. The molecule has 1 heterocycles. The molecule has 1 aliphatic rings. The van der Waals surface area contributed by atoms with Gasteiger partial charge in [-0.3, -0.25) is 4.79 Å². The number of nitrogens with zero attached hydrogens (tertiary/aromatic N) is 2. The third-order valence-corrected chi connectivity index (χ3v) is 2.66. The maximum absolute atomic E-state index is 10.5. The number of rotatable bonds is 2. The number of carbonyl (C=O) groups is 1. The summed E-state index contributed by atoms with van der Waals surface area (Å²) in [5, 5.41) is 9.35. The van der Waals surface area contributed by atoms with Gasteiger partial charge in [-0.15, -0.1) is 0 Å². The smallest absolute Gasteiger partial charge is 0.209 e. The molecule has 0 radical (unpaired) electrons. The Labute approximate surface area is 115 Å². The van der Waals surface area contributed by atoms with E-state index in [1.54, 1.807) is 17.0 Å². The Balaban J connectivity index is 0.000000399. The third-order valence-electron chi connectivity index (χ3n) is 2.66. The Morgan fingerprint density at radius 2 is 1.74 bits per heavy atom. The van der Waals surface area contributed by atoms with Gasteiger partial charge in [0.05, 0.1) is 0 Å². The van der Waals surface area contributed by atoms with Crippen molar-refractivity contribution >= 4 is 12.1 Å². The van der Waals surface area contributed by atoms with Crippen molar-refractivity contribution in [3.05, 3.63) is 24.3 Å². The maximum atomic E-state index is 10.5. The number of amides is 1. The minimum absolute atomic E-state index is 0.283. The van der Waals surface area contributed by atoms with Crippen molar-refractivity contribution in [2.75, 3.05) is 31.1 Å². The summed E-state index contributed by atoms with van der Waals surface area (Å²) in [6.45, 7) is 9.64. The molecule has 1 aromatic carbocycles. The average molecular weight is 264 g/mol. The lowest BCUT2D eigenvalue weighted by Gasteiger charge is -2.34. The van der Waals surface area contributed by atoms with Crippen LogP contribution in [0.25, 0.3) is 0 Å². The van der Waals surface area contributed by atoms with Crippen LogP contribution in [0.3, 0.4) is 0 Å². The number of aromatic hydroxyl groups is 1. The minimum Gasteiger partial charge on any atom is -0.508 e. The van der Waals surface area contributed by atoms with E-state index >= 15 is 0 Å². The molecule has 2 rings (SSSR count). The first-order valence-corrected chi connectivity index (χ1v) is 6.76. The summed E-state index contributed by atoms with van der Waals surface area (Å²) in [6, 6.07) is 7.20. The second-order valence-corrected chi connectivity index (χ2v) is 5.38. The number of piperazine rings is 1. The molecule has 0 bridgehead atoms. The zero-order valence-corrected chi connectivity index (χ0v) is 12.0. The highest BCUT2D eigenvalue weighted by atomic mass is 16.3. The van der Waals surface area contributed by atoms with Crippen LogP contribution >= 0.6 is 0 Å². The lowest BCUT2D eigenvalue weighted by atomic mass is 10.2. The molecular weight excluding hydrogens is 240 g/mol. The SMILES string of the molecule is CC(C)C.O=CN1CCN(c2cccc(O)c2)CC1. The van der Waals surface area contributed by atoms with Crippen LogP contribution in [0.15, 0.2) is 24.3 Å². The van der Waals surface area contributed by atoms with E-state index in [1.165, 1.54) is 0 Å². The molecule has 1 aliphatic heterocycles. The van der Waals surface area contributed by atoms with Crippen LogP contribution < -0.4 is 4.90 Å². The van der Waals surface area contributed by atoms with Gasteiger partial charge in [0, 0.05) is 37.9 Å². The molecule has 0 aromatic heterocycles. The van der Waals surface area contributed by atoms with Crippen molar-refractivity contribution in [2.24, 2.45) is 5.92 Å². The van der Waals surface area contributed by atoms with E-state index in [0.717, 1.165) is 44.2 Å². The fourth-order valence-electron chi connectivity index (χ4n) is 1.78. The normalized spacial score (nSPS) is 14.9. The number of phenols is 1. The molecule has 4 heteroatoms. The predicted octanol–water partition coefficient (Wildman–Crippen LogP) is 2.33. The van der Waals surface area contributed by atoms with Gasteiger partial charge in [-0.05, 0) is 18.1 Å². The molecule has 106 valence electrons. The quantitative estimate of drug-likeness (QED) is 0.834. The van der Waals surface area contributed by atoms with Gasteiger partial charge in [-0.1, -0.05) is 26.8 Å². The number of hydrogen-bond acceptors (Lipinski definition) is 3. The summed E-state index contributed by atoms with van der Waals surface area (Å²) in [5.41, 5.74) is 1.01. The van der Waals surface area contributed by atoms with E-state index in [4.69, 9.17) is 0 Å².